The van der Waals surface area contributed by atoms with Crippen molar-refractivity contribution >= 4 is 11.6 Å². The van der Waals surface area contributed by atoms with Gasteiger partial charge < -0.3 is 15.8 Å². The van der Waals surface area contributed by atoms with Crippen molar-refractivity contribution in [2.75, 3.05) is 17.3 Å². The molecule has 0 saturated heterocycles. The van der Waals surface area contributed by atoms with E-state index in [1.54, 1.807) is 13.0 Å². The molecule has 0 radical (unpaired) electrons. The van der Waals surface area contributed by atoms with Gasteiger partial charge in [0, 0.05) is 6.07 Å². The predicted molar refractivity (Wildman–Crippen MR) is 68.6 cm³/mol. The van der Waals surface area contributed by atoms with Gasteiger partial charge in [-0.15, -0.1) is 0 Å². The van der Waals surface area contributed by atoms with Crippen LogP contribution in [0, 0.1) is 6.92 Å². The van der Waals surface area contributed by atoms with Gasteiger partial charge in [0.05, 0.1) is 12.1 Å². The van der Waals surface area contributed by atoms with Crippen molar-refractivity contribution in [1.82, 2.24) is 9.97 Å². The minimum atomic E-state index is -0.341. The predicted octanol–water partition coefficient (Wildman–Crippen LogP) is 1.03. The summed E-state index contributed by atoms with van der Waals surface area (Å²) in [6.45, 7) is 5.92. The van der Waals surface area contributed by atoms with E-state index < -0.39 is 0 Å². The molecule has 0 bridgehead atoms. The van der Waals surface area contributed by atoms with Gasteiger partial charge in [0.15, 0.2) is 0 Å². The zero-order valence-corrected chi connectivity index (χ0v) is 10.6. The average molecular weight is 239 g/mol. The van der Waals surface area contributed by atoms with Crippen molar-refractivity contribution in [2.24, 2.45) is 5.84 Å². The van der Waals surface area contributed by atoms with Crippen LogP contribution in [-0.4, -0.2) is 27.2 Å². The second-order valence-electron chi connectivity index (χ2n) is 4.10. The molecule has 0 amide bonds. The fourth-order valence-corrected chi connectivity index (χ4v) is 1.67. The lowest BCUT2D eigenvalue weighted by Crippen LogP contribution is -2.41. The van der Waals surface area contributed by atoms with Crippen LogP contribution in [0.1, 0.15) is 32.5 Å². The van der Waals surface area contributed by atoms with Crippen molar-refractivity contribution in [3.05, 3.63) is 11.9 Å². The van der Waals surface area contributed by atoms with Gasteiger partial charge in [-0.2, -0.15) is 0 Å². The minimum Gasteiger partial charge on any atom is -0.394 e. The Morgan fingerprint density at radius 1 is 1.29 bits per heavy atom. The standard InChI is InChI=1S/C11H21N5O/c1-4-11(5-2,7-17)15-9-6-10(16-12)14-8(3)13-9/h6,17H,4-5,7,12H2,1-3H3,(H2,13,14,15,16). The Kier molecular flexibility index (Phi) is 4.65. The molecule has 0 aliphatic heterocycles. The Morgan fingerprint density at radius 3 is 2.35 bits per heavy atom. The van der Waals surface area contributed by atoms with E-state index in [-0.39, 0.29) is 12.1 Å². The zero-order valence-electron chi connectivity index (χ0n) is 10.6. The number of nitrogen functional groups attached to an aromatic ring is 1. The normalized spacial score (nSPS) is 11.4. The van der Waals surface area contributed by atoms with E-state index in [0.29, 0.717) is 17.5 Å². The lowest BCUT2D eigenvalue weighted by atomic mass is 9.94. The lowest BCUT2D eigenvalue weighted by molar-refractivity contribution is 0.202. The summed E-state index contributed by atoms with van der Waals surface area (Å²) in [7, 11) is 0. The molecule has 0 aliphatic rings. The number of hydrogen-bond acceptors (Lipinski definition) is 6. The van der Waals surface area contributed by atoms with Crippen LogP contribution in [0.4, 0.5) is 11.6 Å². The number of nitrogens with two attached hydrogens (primary N) is 1. The van der Waals surface area contributed by atoms with E-state index in [9.17, 15) is 5.11 Å². The Morgan fingerprint density at radius 2 is 1.88 bits per heavy atom. The van der Waals surface area contributed by atoms with Crippen LogP contribution in [0.3, 0.4) is 0 Å². The van der Waals surface area contributed by atoms with Crippen molar-refractivity contribution in [3.63, 3.8) is 0 Å². The largest absolute Gasteiger partial charge is 0.394 e. The van der Waals surface area contributed by atoms with Crippen LogP contribution in [0.25, 0.3) is 0 Å². The molecule has 0 atom stereocenters. The van der Waals surface area contributed by atoms with Crippen molar-refractivity contribution in [2.45, 2.75) is 39.2 Å². The summed E-state index contributed by atoms with van der Waals surface area (Å²) in [6.07, 6.45) is 1.63. The fraction of sp³-hybridized carbons (Fsp3) is 0.636. The lowest BCUT2D eigenvalue weighted by Gasteiger charge is -2.31. The maximum Gasteiger partial charge on any atom is 0.145 e. The minimum absolute atomic E-state index is 0.0639. The number of aryl methyl sites for hydroxylation is 1. The van der Waals surface area contributed by atoms with Crippen LogP contribution in [0.15, 0.2) is 6.07 Å². The molecular formula is C11H21N5O. The van der Waals surface area contributed by atoms with E-state index in [0.717, 1.165) is 12.8 Å². The van der Waals surface area contributed by atoms with E-state index in [4.69, 9.17) is 5.84 Å². The quantitative estimate of drug-likeness (QED) is 0.437. The summed E-state index contributed by atoms with van der Waals surface area (Å²) in [6, 6.07) is 1.72. The molecule has 96 valence electrons. The molecule has 1 heterocycles. The molecule has 1 aromatic heterocycles. The SMILES string of the molecule is CCC(CC)(CO)Nc1cc(NN)nc(C)n1. The first-order chi connectivity index (χ1) is 8.09. The highest BCUT2D eigenvalue weighted by atomic mass is 16.3. The van der Waals surface area contributed by atoms with Crippen LogP contribution in [0.5, 0.6) is 0 Å². The summed E-state index contributed by atoms with van der Waals surface area (Å²) in [5.74, 6) is 7.18. The molecular weight excluding hydrogens is 218 g/mol. The number of rotatable bonds is 6. The van der Waals surface area contributed by atoms with E-state index in [1.165, 1.54) is 0 Å². The Bertz CT molecular complexity index is 357. The van der Waals surface area contributed by atoms with Crippen LogP contribution in [0.2, 0.25) is 0 Å². The molecule has 0 aromatic carbocycles. The van der Waals surface area contributed by atoms with Crippen molar-refractivity contribution < 1.29 is 5.11 Å². The molecule has 0 saturated carbocycles. The summed E-state index contributed by atoms with van der Waals surface area (Å²) in [5.41, 5.74) is 2.15. The summed E-state index contributed by atoms with van der Waals surface area (Å²) >= 11 is 0. The van der Waals surface area contributed by atoms with Crippen LogP contribution in [-0.2, 0) is 0 Å². The summed E-state index contributed by atoms with van der Waals surface area (Å²) < 4.78 is 0. The van der Waals surface area contributed by atoms with Gasteiger partial charge in [0.1, 0.15) is 17.5 Å². The first-order valence-electron chi connectivity index (χ1n) is 5.80. The molecule has 6 nitrogen and oxygen atoms in total. The molecule has 0 fully saturated rings. The van der Waals surface area contributed by atoms with Crippen LogP contribution >= 0.6 is 0 Å². The number of aromatic nitrogens is 2. The third kappa shape index (κ3) is 3.28. The third-order valence-electron chi connectivity index (χ3n) is 3.04. The maximum absolute atomic E-state index is 9.49. The molecule has 5 N–H and O–H groups in total. The van der Waals surface area contributed by atoms with E-state index >= 15 is 0 Å². The number of nitrogens with zero attached hydrogens (tertiary/aromatic N) is 2. The highest BCUT2D eigenvalue weighted by Crippen LogP contribution is 2.21. The van der Waals surface area contributed by atoms with Gasteiger partial charge in [-0.3, -0.25) is 0 Å². The molecule has 1 rings (SSSR count). The van der Waals surface area contributed by atoms with Gasteiger partial charge >= 0.3 is 0 Å². The van der Waals surface area contributed by atoms with Crippen LogP contribution < -0.4 is 16.6 Å². The van der Waals surface area contributed by atoms with E-state index in [2.05, 4.69) is 20.7 Å². The first kappa shape index (κ1) is 13.7. The van der Waals surface area contributed by atoms with Crippen molar-refractivity contribution in [1.29, 1.82) is 0 Å². The molecule has 17 heavy (non-hydrogen) atoms. The number of aliphatic hydroxyl groups excluding tert-OH is 1. The first-order valence-corrected chi connectivity index (χ1v) is 5.80. The monoisotopic (exact) mass is 239 g/mol. The molecule has 0 spiro atoms. The number of hydrogen-bond donors (Lipinski definition) is 4. The van der Waals surface area contributed by atoms with Crippen molar-refractivity contribution in [3.8, 4) is 0 Å². The smallest absolute Gasteiger partial charge is 0.145 e. The molecule has 0 unspecified atom stereocenters. The van der Waals surface area contributed by atoms with Gasteiger partial charge in [0.2, 0.25) is 0 Å². The fourth-order valence-electron chi connectivity index (χ4n) is 1.67. The summed E-state index contributed by atoms with van der Waals surface area (Å²) in [4.78, 5) is 8.39. The highest BCUT2D eigenvalue weighted by Gasteiger charge is 2.25. The number of nitrogens with one attached hydrogen (secondary N) is 2. The Labute approximate surface area is 102 Å². The Hall–Kier alpha value is -1.40. The Balaban J connectivity index is 2.96. The topological polar surface area (TPSA) is 96.1 Å². The zero-order chi connectivity index (χ0) is 12.9. The summed E-state index contributed by atoms with van der Waals surface area (Å²) in [5, 5.41) is 12.7. The number of aliphatic hydroxyl groups is 1. The van der Waals surface area contributed by atoms with Gasteiger partial charge in [0.25, 0.3) is 0 Å². The van der Waals surface area contributed by atoms with Gasteiger partial charge in [-0.25, -0.2) is 15.8 Å². The third-order valence-corrected chi connectivity index (χ3v) is 3.04. The van der Waals surface area contributed by atoms with Gasteiger partial charge in [-0.1, -0.05) is 13.8 Å². The second kappa shape index (κ2) is 5.79. The van der Waals surface area contributed by atoms with Gasteiger partial charge in [-0.05, 0) is 19.8 Å². The number of anilines is 2. The second-order valence-corrected chi connectivity index (χ2v) is 4.10. The average Bonchev–Trinajstić information content (AvgIpc) is 2.35. The number of hydrazine groups is 1. The van der Waals surface area contributed by atoms with E-state index in [1.807, 2.05) is 13.8 Å². The molecule has 1 aromatic rings. The maximum atomic E-state index is 9.49. The molecule has 0 aliphatic carbocycles. The highest BCUT2D eigenvalue weighted by molar-refractivity contribution is 5.48. The molecule has 6 heteroatoms.